The van der Waals surface area contributed by atoms with E-state index in [4.69, 9.17) is 9.47 Å². The van der Waals surface area contributed by atoms with Gasteiger partial charge in [-0.2, -0.15) is 0 Å². The van der Waals surface area contributed by atoms with Gasteiger partial charge >= 0.3 is 11.7 Å². The third kappa shape index (κ3) is 4.44. The Morgan fingerprint density at radius 1 is 1.38 bits per heavy atom. The van der Waals surface area contributed by atoms with Crippen molar-refractivity contribution in [2.75, 3.05) is 20.3 Å². The normalized spacial score (nSPS) is 9.81. The molecule has 0 fully saturated rings. The van der Waals surface area contributed by atoms with E-state index >= 15 is 0 Å². The molecular formula is C13H16N2O6. The summed E-state index contributed by atoms with van der Waals surface area (Å²) in [7, 11) is 1.25. The van der Waals surface area contributed by atoms with Crippen LogP contribution in [0.3, 0.4) is 0 Å². The van der Waals surface area contributed by atoms with Gasteiger partial charge in [-0.15, -0.1) is 0 Å². The van der Waals surface area contributed by atoms with Crippen molar-refractivity contribution >= 4 is 17.6 Å². The highest BCUT2D eigenvalue weighted by molar-refractivity contribution is 5.98. The number of nitro benzene ring substituents is 1. The Morgan fingerprint density at radius 2 is 2.10 bits per heavy atom. The van der Waals surface area contributed by atoms with Crippen LogP contribution in [0.4, 0.5) is 5.69 Å². The largest absolute Gasteiger partial charge is 0.490 e. The summed E-state index contributed by atoms with van der Waals surface area (Å²) in [5.41, 5.74) is -0.258. The lowest BCUT2D eigenvalue weighted by molar-refractivity contribution is -0.385. The quantitative estimate of drug-likeness (QED) is 0.461. The molecule has 1 N–H and O–H groups in total. The molecule has 1 aromatic carbocycles. The maximum absolute atomic E-state index is 12.0. The van der Waals surface area contributed by atoms with Crippen molar-refractivity contribution in [2.45, 2.75) is 13.3 Å². The average Bonchev–Trinajstić information content (AvgIpc) is 2.46. The molecule has 0 heterocycles. The Labute approximate surface area is 121 Å². The number of hydrogen-bond donors (Lipinski definition) is 1. The maximum Gasteiger partial charge on any atom is 0.311 e. The van der Waals surface area contributed by atoms with Crippen LogP contribution in [-0.2, 0) is 9.53 Å². The third-order valence-corrected chi connectivity index (χ3v) is 2.56. The van der Waals surface area contributed by atoms with Crippen molar-refractivity contribution in [1.82, 2.24) is 5.32 Å². The first-order valence-electron chi connectivity index (χ1n) is 6.26. The number of carbonyl (C=O) groups excluding carboxylic acids is 2. The molecule has 21 heavy (non-hydrogen) atoms. The van der Waals surface area contributed by atoms with E-state index in [0.29, 0.717) is 0 Å². The van der Waals surface area contributed by atoms with Gasteiger partial charge in [0.25, 0.3) is 5.91 Å². The SMILES string of the molecule is CCOC(=O)CCNC(=O)c1cccc([N+](=O)[O-])c1OC. The number of benzene rings is 1. The Bertz CT molecular complexity index is 543. The topological polar surface area (TPSA) is 108 Å². The van der Waals surface area contributed by atoms with Crippen molar-refractivity contribution in [3.8, 4) is 5.75 Å². The Kier molecular flexibility index (Phi) is 6.12. The zero-order valence-corrected chi connectivity index (χ0v) is 11.8. The van der Waals surface area contributed by atoms with Gasteiger partial charge in [-0.1, -0.05) is 6.07 Å². The van der Waals surface area contributed by atoms with Crippen LogP contribution in [-0.4, -0.2) is 37.1 Å². The van der Waals surface area contributed by atoms with E-state index in [1.165, 1.54) is 25.3 Å². The predicted molar refractivity (Wildman–Crippen MR) is 73.2 cm³/mol. The molecule has 1 rings (SSSR count). The van der Waals surface area contributed by atoms with E-state index in [9.17, 15) is 19.7 Å². The van der Waals surface area contributed by atoms with Crippen molar-refractivity contribution in [3.05, 3.63) is 33.9 Å². The molecule has 114 valence electrons. The van der Waals surface area contributed by atoms with Crippen LogP contribution in [0.2, 0.25) is 0 Å². The lowest BCUT2D eigenvalue weighted by Gasteiger charge is -2.09. The second-order valence-electron chi connectivity index (χ2n) is 3.93. The molecule has 0 spiro atoms. The number of nitrogens with zero attached hydrogens (tertiary/aromatic N) is 1. The molecule has 1 amide bonds. The number of amides is 1. The number of nitro groups is 1. The molecule has 0 radical (unpaired) electrons. The summed E-state index contributed by atoms with van der Waals surface area (Å²) in [5.74, 6) is -1.10. The minimum absolute atomic E-state index is 0.0246. The zero-order valence-electron chi connectivity index (χ0n) is 11.8. The number of para-hydroxylation sites is 1. The van der Waals surface area contributed by atoms with Crippen molar-refractivity contribution < 1.29 is 24.0 Å². The first-order valence-corrected chi connectivity index (χ1v) is 6.26. The molecule has 1 aromatic rings. The van der Waals surface area contributed by atoms with Gasteiger partial charge in [-0.3, -0.25) is 19.7 Å². The minimum Gasteiger partial charge on any atom is -0.490 e. The lowest BCUT2D eigenvalue weighted by atomic mass is 10.1. The molecule has 0 aliphatic heterocycles. The van der Waals surface area contributed by atoms with E-state index in [0.717, 1.165) is 0 Å². The molecular weight excluding hydrogens is 280 g/mol. The van der Waals surface area contributed by atoms with Gasteiger partial charge in [-0.05, 0) is 13.0 Å². The van der Waals surface area contributed by atoms with Crippen LogP contribution < -0.4 is 10.1 Å². The van der Waals surface area contributed by atoms with E-state index in [2.05, 4.69) is 5.32 Å². The molecule has 0 unspecified atom stereocenters. The highest BCUT2D eigenvalue weighted by Crippen LogP contribution is 2.30. The van der Waals surface area contributed by atoms with Gasteiger partial charge in [0, 0.05) is 12.6 Å². The summed E-state index contributed by atoms with van der Waals surface area (Å²) in [6, 6.07) is 4.04. The second kappa shape index (κ2) is 7.83. The number of methoxy groups -OCH3 is 1. The van der Waals surface area contributed by atoms with Gasteiger partial charge in [0.05, 0.1) is 30.6 Å². The van der Waals surface area contributed by atoms with Crippen molar-refractivity contribution in [2.24, 2.45) is 0 Å². The van der Waals surface area contributed by atoms with E-state index in [1.54, 1.807) is 6.92 Å². The summed E-state index contributed by atoms with van der Waals surface area (Å²) < 4.78 is 9.65. The van der Waals surface area contributed by atoms with Gasteiger partial charge in [0.1, 0.15) is 0 Å². The van der Waals surface area contributed by atoms with Gasteiger partial charge in [0.2, 0.25) is 5.75 Å². The van der Waals surface area contributed by atoms with Crippen LogP contribution in [0.5, 0.6) is 5.75 Å². The van der Waals surface area contributed by atoms with E-state index in [1.807, 2.05) is 0 Å². The van der Waals surface area contributed by atoms with Gasteiger partial charge in [0.15, 0.2) is 0 Å². The summed E-state index contributed by atoms with van der Waals surface area (Å²) >= 11 is 0. The molecule has 0 aliphatic rings. The van der Waals surface area contributed by atoms with Gasteiger partial charge in [-0.25, -0.2) is 0 Å². The molecule has 0 saturated carbocycles. The van der Waals surface area contributed by atoms with Crippen LogP contribution in [0.1, 0.15) is 23.7 Å². The van der Waals surface area contributed by atoms with Gasteiger partial charge < -0.3 is 14.8 Å². The first-order chi connectivity index (χ1) is 10.0. The zero-order chi connectivity index (χ0) is 15.8. The fourth-order valence-corrected chi connectivity index (χ4v) is 1.67. The number of carbonyl (C=O) groups is 2. The molecule has 8 nitrogen and oxygen atoms in total. The third-order valence-electron chi connectivity index (χ3n) is 2.56. The second-order valence-corrected chi connectivity index (χ2v) is 3.93. The van der Waals surface area contributed by atoms with Crippen molar-refractivity contribution in [3.63, 3.8) is 0 Å². The van der Waals surface area contributed by atoms with E-state index in [-0.39, 0.29) is 36.6 Å². The minimum atomic E-state index is -0.631. The Hall–Kier alpha value is -2.64. The Morgan fingerprint density at radius 3 is 2.67 bits per heavy atom. The highest BCUT2D eigenvalue weighted by Gasteiger charge is 2.22. The number of hydrogen-bond acceptors (Lipinski definition) is 6. The fraction of sp³-hybridized carbons (Fsp3) is 0.385. The van der Waals surface area contributed by atoms with Crippen LogP contribution >= 0.6 is 0 Å². The molecule has 0 bridgehead atoms. The number of nitrogens with one attached hydrogen (secondary N) is 1. The number of rotatable bonds is 7. The maximum atomic E-state index is 12.0. The standard InChI is InChI=1S/C13H16N2O6/c1-3-21-11(16)7-8-14-13(17)9-5-4-6-10(15(18)19)12(9)20-2/h4-6H,3,7-8H2,1-2H3,(H,14,17). The molecule has 0 saturated heterocycles. The fourth-order valence-electron chi connectivity index (χ4n) is 1.67. The molecule has 0 atom stereocenters. The first kappa shape index (κ1) is 16.4. The number of ether oxygens (including phenoxy) is 2. The lowest BCUT2D eigenvalue weighted by Crippen LogP contribution is -2.27. The van der Waals surface area contributed by atoms with Crippen LogP contribution in [0, 0.1) is 10.1 Å². The molecule has 0 aromatic heterocycles. The van der Waals surface area contributed by atoms with Crippen LogP contribution in [0.15, 0.2) is 18.2 Å². The highest BCUT2D eigenvalue weighted by atomic mass is 16.6. The van der Waals surface area contributed by atoms with Crippen molar-refractivity contribution in [1.29, 1.82) is 0 Å². The predicted octanol–water partition coefficient (Wildman–Crippen LogP) is 1.29. The summed E-state index contributed by atoms with van der Waals surface area (Å²) in [6.07, 6.45) is 0.0246. The summed E-state index contributed by atoms with van der Waals surface area (Å²) in [6.45, 7) is 2.03. The summed E-state index contributed by atoms with van der Waals surface area (Å²) in [5, 5.41) is 13.4. The number of esters is 1. The summed E-state index contributed by atoms with van der Waals surface area (Å²) in [4.78, 5) is 33.3. The molecule has 0 aliphatic carbocycles. The van der Waals surface area contributed by atoms with E-state index < -0.39 is 16.8 Å². The average molecular weight is 296 g/mol. The van der Waals surface area contributed by atoms with Crippen LogP contribution in [0.25, 0.3) is 0 Å². The molecule has 8 heteroatoms. The monoisotopic (exact) mass is 296 g/mol. The Balaban J connectivity index is 2.76. The smallest absolute Gasteiger partial charge is 0.311 e.